The van der Waals surface area contributed by atoms with Gasteiger partial charge >= 0.3 is 5.97 Å². The van der Waals surface area contributed by atoms with Crippen molar-refractivity contribution in [1.82, 2.24) is 5.32 Å². The third-order valence-corrected chi connectivity index (χ3v) is 4.19. The fraction of sp³-hybridized carbons (Fsp3) is 0.625. The summed E-state index contributed by atoms with van der Waals surface area (Å²) in [6.45, 7) is 9.18. The van der Waals surface area contributed by atoms with Crippen LogP contribution >= 0.6 is 0 Å². The summed E-state index contributed by atoms with van der Waals surface area (Å²) in [5.74, 6) is -1.64. The van der Waals surface area contributed by atoms with Crippen LogP contribution in [0.4, 0.5) is 0 Å². The molecule has 2 atom stereocenters. The van der Waals surface area contributed by atoms with E-state index in [-0.39, 0.29) is 11.8 Å². The maximum atomic E-state index is 12.4. The third kappa shape index (κ3) is 3.95. The van der Waals surface area contributed by atoms with E-state index in [1.165, 1.54) is 0 Å². The van der Waals surface area contributed by atoms with Gasteiger partial charge in [-0.25, -0.2) is 0 Å². The standard InChI is InChI=1S/C16H25NO3/c1-4-8-12(9-5-2)14(18)17-16(3)11-7-6-10-13(16)15(19)20/h4-5,12-13H,1-2,6-11H2,3H3,(H,17,18)(H,19,20). The van der Waals surface area contributed by atoms with E-state index in [9.17, 15) is 14.7 Å². The maximum absolute atomic E-state index is 12.4. The largest absolute Gasteiger partial charge is 0.481 e. The lowest BCUT2D eigenvalue weighted by atomic mass is 9.73. The number of amides is 1. The minimum atomic E-state index is -0.823. The van der Waals surface area contributed by atoms with Crippen LogP contribution in [-0.4, -0.2) is 22.5 Å². The van der Waals surface area contributed by atoms with Crippen LogP contribution in [0.3, 0.4) is 0 Å². The predicted molar refractivity (Wildman–Crippen MR) is 79.3 cm³/mol. The Morgan fingerprint density at radius 1 is 1.35 bits per heavy atom. The molecule has 1 rings (SSSR count). The van der Waals surface area contributed by atoms with Gasteiger partial charge in [-0.3, -0.25) is 9.59 Å². The van der Waals surface area contributed by atoms with E-state index in [4.69, 9.17) is 0 Å². The third-order valence-electron chi connectivity index (χ3n) is 4.19. The Labute approximate surface area is 120 Å². The van der Waals surface area contributed by atoms with Gasteiger partial charge in [-0.2, -0.15) is 0 Å². The Morgan fingerprint density at radius 3 is 2.45 bits per heavy atom. The van der Waals surface area contributed by atoms with Gasteiger partial charge in [0.2, 0.25) is 5.91 Å². The van der Waals surface area contributed by atoms with Crippen molar-refractivity contribution >= 4 is 11.9 Å². The average Bonchev–Trinajstić information content (AvgIpc) is 2.38. The molecule has 1 fully saturated rings. The lowest BCUT2D eigenvalue weighted by Gasteiger charge is -2.40. The number of aliphatic carboxylic acids is 1. The first-order valence-corrected chi connectivity index (χ1v) is 7.21. The topological polar surface area (TPSA) is 66.4 Å². The Kier molecular flexibility index (Phi) is 5.99. The molecule has 0 saturated heterocycles. The first kappa shape index (κ1) is 16.5. The van der Waals surface area contributed by atoms with Gasteiger partial charge in [-0.15, -0.1) is 13.2 Å². The van der Waals surface area contributed by atoms with Crippen LogP contribution in [0.5, 0.6) is 0 Å². The molecule has 1 aliphatic rings. The number of carboxylic acid groups (broad SMARTS) is 1. The van der Waals surface area contributed by atoms with Gasteiger partial charge in [0.25, 0.3) is 0 Å². The van der Waals surface area contributed by atoms with Crippen LogP contribution in [0.25, 0.3) is 0 Å². The molecule has 1 aliphatic carbocycles. The van der Waals surface area contributed by atoms with Crippen molar-refractivity contribution in [2.24, 2.45) is 11.8 Å². The minimum Gasteiger partial charge on any atom is -0.481 e. The number of carboxylic acids is 1. The second-order valence-electron chi connectivity index (χ2n) is 5.79. The number of nitrogens with one attached hydrogen (secondary N) is 1. The molecule has 112 valence electrons. The van der Waals surface area contributed by atoms with Crippen molar-refractivity contribution in [3.05, 3.63) is 25.3 Å². The summed E-state index contributed by atoms with van der Waals surface area (Å²) in [6, 6.07) is 0. The first-order valence-electron chi connectivity index (χ1n) is 7.21. The normalized spacial score (nSPS) is 26.0. The number of carbonyl (C=O) groups excluding carboxylic acids is 1. The molecule has 4 nitrogen and oxygen atoms in total. The number of rotatable bonds is 7. The van der Waals surface area contributed by atoms with E-state index >= 15 is 0 Å². The molecule has 0 heterocycles. The predicted octanol–water partition coefficient (Wildman–Crippen LogP) is 2.90. The van der Waals surface area contributed by atoms with Crippen molar-refractivity contribution in [3.63, 3.8) is 0 Å². The average molecular weight is 279 g/mol. The summed E-state index contributed by atoms with van der Waals surface area (Å²) in [6.07, 6.45) is 7.78. The highest BCUT2D eigenvalue weighted by Crippen LogP contribution is 2.34. The zero-order chi connectivity index (χ0) is 15.2. The molecule has 0 aromatic heterocycles. The van der Waals surface area contributed by atoms with Crippen LogP contribution in [0, 0.1) is 11.8 Å². The minimum absolute atomic E-state index is 0.0968. The van der Waals surface area contributed by atoms with E-state index in [0.717, 1.165) is 12.8 Å². The summed E-state index contributed by atoms with van der Waals surface area (Å²) in [7, 11) is 0. The van der Waals surface area contributed by atoms with Gasteiger partial charge in [0.1, 0.15) is 0 Å². The van der Waals surface area contributed by atoms with Gasteiger partial charge in [-0.1, -0.05) is 25.0 Å². The van der Waals surface area contributed by atoms with Crippen LogP contribution in [0.15, 0.2) is 25.3 Å². The van der Waals surface area contributed by atoms with Gasteiger partial charge in [-0.05, 0) is 32.6 Å². The Hall–Kier alpha value is -1.58. The molecule has 2 N–H and O–H groups in total. The first-order chi connectivity index (χ1) is 9.44. The van der Waals surface area contributed by atoms with Gasteiger partial charge < -0.3 is 10.4 Å². The van der Waals surface area contributed by atoms with Crippen molar-refractivity contribution in [1.29, 1.82) is 0 Å². The summed E-state index contributed by atoms with van der Waals surface area (Å²) >= 11 is 0. The van der Waals surface area contributed by atoms with Crippen molar-refractivity contribution in [2.45, 2.75) is 51.0 Å². The summed E-state index contributed by atoms with van der Waals surface area (Å²) in [5.41, 5.74) is -0.651. The molecular weight excluding hydrogens is 254 g/mol. The highest BCUT2D eigenvalue weighted by molar-refractivity contribution is 5.81. The number of allylic oxidation sites excluding steroid dienone is 2. The lowest BCUT2D eigenvalue weighted by molar-refractivity contribution is -0.147. The zero-order valence-corrected chi connectivity index (χ0v) is 12.2. The fourth-order valence-corrected chi connectivity index (χ4v) is 2.98. The summed E-state index contributed by atoms with van der Waals surface area (Å²) < 4.78 is 0. The smallest absolute Gasteiger partial charge is 0.308 e. The van der Waals surface area contributed by atoms with Crippen molar-refractivity contribution in [3.8, 4) is 0 Å². The molecule has 0 aromatic carbocycles. The lowest BCUT2D eigenvalue weighted by Crippen LogP contribution is -2.56. The molecule has 1 amide bonds. The molecular formula is C16H25NO3. The monoisotopic (exact) mass is 279 g/mol. The highest BCUT2D eigenvalue weighted by atomic mass is 16.4. The van der Waals surface area contributed by atoms with Crippen molar-refractivity contribution in [2.75, 3.05) is 0 Å². The molecule has 2 unspecified atom stereocenters. The molecule has 0 bridgehead atoms. The molecule has 0 aliphatic heterocycles. The quantitative estimate of drug-likeness (QED) is 0.704. The van der Waals surface area contributed by atoms with Crippen LogP contribution in [0.1, 0.15) is 45.4 Å². The Balaban J connectivity index is 2.80. The fourth-order valence-electron chi connectivity index (χ4n) is 2.98. The van der Waals surface area contributed by atoms with E-state index in [2.05, 4.69) is 18.5 Å². The van der Waals surface area contributed by atoms with Gasteiger partial charge in [0.15, 0.2) is 0 Å². The van der Waals surface area contributed by atoms with Crippen LogP contribution < -0.4 is 5.32 Å². The summed E-state index contributed by atoms with van der Waals surface area (Å²) in [5, 5.41) is 12.3. The Morgan fingerprint density at radius 2 is 1.95 bits per heavy atom. The van der Waals surface area contributed by atoms with E-state index in [1.54, 1.807) is 12.2 Å². The molecule has 0 radical (unpaired) electrons. The zero-order valence-electron chi connectivity index (χ0n) is 12.2. The highest BCUT2D eigenvalue weighted by Gasteiger charge is 2.42. The van der Waals surface area contributed by atoms with Gasteiger partial charge in [0.05, 0.1) is 11.5 Å². The second-order valence-corrected chi connectivity index (χ2v) is 5.79. The Bertz CT molecular complexity index is 381. The van der Waals surface area contributed by atoms with Gasteiger partial charge in [0, 0.05) is 5.92 Å². The molecule has 0 aromatic rings. The second kappa shape index (κ2) is 7.27. The number of hydrogen-bond acceptors (Lipinski definition) is 2. The molecule has 20 heavy (non-hydrogen) atoms. The van der Waals surface area contributed by atoms with E-state index in [0.29, 0.717) is 25.7 Å². The van der Waals surface area contributed by atoms with E-state index < -0.39 is 17.4 Å². The van der Waals surface area contributed by atoms with Crippen LogP contribution in [0.2, 0.25) is 0 Å². The molecule has 4 heteroatoms. The molecule has 0 spiro atoms. The number of carbonyl (C=O) groups is 2. The SMILES string of the molecule is C=CCC(CC=C)C(=O)NC1(C)CCCCC1C(=O)O. The van der Waals surface area contributed by atoms with Crippen molar-refractivity contribution < 1.29 is 14.7 Å². The maximum Gasteiger partial charge on any atom is 0.308 e. The van der Waals surface area contributed by atoms with Crippen LogP contribution in [-0.2, 0) is 9.59 Å². The van der Waals surface area contributed by atoms with E-state index in [1.807, 2.05) is 6.92 Å². The number of hydrogen-bond donors (Lipinski definition) is 2. The molecule has 1 saturated carbocycles. The summed E-state index contributed by atoms with van der Waals surface area (Å²) in [4.78, 5) is 23.8.